The molecule has 0 spiro atoms. The highest BCUT2D eigenvalue weighted by Crippen LogP contribution is 2.47. The first-order chi connectivity index (χ1) is 49.5. The van der Waals surface area contributed by atoms with Crippen molar-refractivity contribution in [1.29, 1.82) is 0 Å². The summed E-state index contributed by atoms with van der Waals surface area (Å²) >= 11 is 2.81. The van der Waals surface area contributed by atoms with Gasteiger partial charge in [0.2, 0.25) is 40.1 Å². The fourth-order valence-electron chi connectivity index (χ4n) is 12.2. The van der Waals surface area contributed by atoms with Gasteiger partial charge in [-0.15, -0.1) is 45.3 Å². The molecule has 32 nitrogen and oxygen atoms in total. The Morgan fingerprint density at radius 1 is 0.333 bits per heavy atom. The summed E-state index contributed by atoms with van der Waals surface area (Å²) < 4.78 is 271. The van der Waals surface area contributed by atoms with E-state index >= 15 is 0 Å². The predicted octanol–water partition coefficient (Wildman–Crippen LogP) is 3.13. The molecule has 0 saturated carbocycles. The Bertz CT molecular complexity index is 3930. The average molecular weight is 1710 g/mol. The van der Waals surface area contributed by atoms with Gasteiger partial charge in [-0.25, -0.2) is 86.2 Å². The molecule has 0 aromatic carbocycles. The molecule has 0 aliphatic carbocycles. The number of sulfone groups is 4. The number of nitrogens with one attached hydrogen (secondary N) is 8. The topological polar surface area (TPSA) is 443 Å². The number of fused-ring (bicyclic) bond motifs is 4. The number of ether oxygens (including phenoxy) is 8. The van der Waals surface area contributed by atoms with E-state index in [0.717, 1.165) is 0 Å². The fraction of sp³-hybridized carbons (Fsp3) is 0.738. The highest BCUT2D eigenvalue weighted by Gasteiger charge is 2.44. The molecule has 4 aliphatic heterocycles. The molecule has 105 heavy (non-hydrogen) atoms. The summed E-state index contributed by atoms with van der Waals surface area (Å²) in [5.74, 6) is 0. The Labute approximate surface area is 634 Å². The molecular weight excluding hydrogens is 1610 g/mol. The Hall–Kier alpha value is -2.24. The molecule has 4 aromatic heterocycles. The number of thiophene rings is 4. The molecule has 0 amide bonds. The van der Waals surface area contributed by atoms with Crippen LogP contribution in [0.25, 0.3) is 0 Å². The Morgan fingerprint density at radius 2 is 0.524 bits per heavy atom. The van der Waals surface area contributed by atoms with Gasteiger partial charge in [-0.1, -0.05) is 27.7 Å². The van der Waals surface area contributed by atoms with E-state index in [0.29, 0.717) is 119 Å². The van der Waals surface area contributed by atoms with E-state index in [2.05, 4.69) is 40.2 Å². The third-order valence-electron chi connectivity index (χ3n) is 17.9. The van der Waals surface area contributed by atoms with Crippen LogP contribution in [-0.4, -0.2) is 246 Å². The van der Waals surface area contributed by atoms with E-state index < -0.39 is 106 Å². The highest BCUT2D eigenvalue weighted by atomic mass is 32.3. The second kappa shape index (κ2) is 38.5. The van der Waals surface area contributed by atoms with Gasteiger partial charge in [0.25, 0.3) is 0 Å². The normalized spacial score (nSPS) is 22.9. The van der Waals surface area contributed by atoms with Crippen molar-refractivity contribution in [2.75, 3.05) is 158 Å². The SMILES string of the molecule is CCN[C@H]1C[C@H](C)S(=O)(=O)c2sc(S(=O)(=O)NCCOCCOCC(COCCOCCNS(=O)(=O)c3cc4c(s3)S(=O)(=O)[C@@H](C)C[C@@H]4NCC)(COCCOCCNS(=O)(=O)c3cc4c(s3)S(=O)(=O)[C@@H](C)C[C@@H]4NCC)COCCOCCNS(=O)(=O)c3cc4c(s3)S(=O)(=O)[C@@H](C)C[C@@H]4NCC)cc21. The van der Waals surface area contributed by atoms with Crippen LogP contribution < -0.4 is 40.2 Å². The molecule has 0 fully saturated rings. The van der Waals surface area contributed by atoms with Crippen molar-refractivity contribution in [3.05, 3.63) is 46.5 Å². The van der Waals surface area contributed by atoms with Gasteiger partial charge < -0.3 is 59.2 Å². The molecule has 4 aliphatic rings. The second-order valence-corrected chi connectivity index (χ2v) is 48.2. The number of hydrogen-bond acceptors (Lipinski definition) is 32. The van der Waals surface area contributed by atoms with Crippen LogP contribution in [0, 0.1) is 5.41 Å². The van der Waals surface area contributed by atoms with Crippen LogP contribution in [0.4, 0.5) is 0 Å². The standard InChI is InChI=1S/C61H100N8O24S12/c1-9-62-49-29-41(5)98(70,71)57-45(49)33-53(94-57)102(78,79)66-13-17-86-21-25-90-37-61(38-91-26-22-87-18-14-67-103(80,81)54-34-46-50(63-10-2)30-42(6)99(72,73)58(46)95-54,39-92-27-23-88-19-15-68-104(82,83)55-35-47-51(64-11-3)31-43(7)100(74,75)59(47)96-55)40-93-28-24-89-20-16-69-105(84,85)56-36-48-52(65-12-4)32-44(8)101(76,77)60(48)97-56/h33-36,41-44,49-52,62-69H,9-32,37-40H2,1-8H3/t41-,42-,43-,44-,49-,50-,51-,52-/m0/s1. The van der Waals surface area contributed by atoms with Crippen molar-refractivity contribution in [2.45, 2.75) is 160 Å². The fourth-order valence-corrected chi connectivity index (χ4v) is 32.5. The third kappa shape index (κ3) is 22.2. The smallest absolute Gasteiger partial charge is 0.250 e. The van der Waals surface area contributed by atoms with Gasteiger partial charge in [-0.2, -0.15) is 0 Å². The zero-order valence-corrected chi connectivity index (χ0v) is 69.7. The van der Waals surface area contributed by atoms with Crippen LogP contribution in [0.15, 0.2) is 57.9 Å². The molecule has 8 rings (SSSR count). The first-order valence-corrected chi connectivity index (χ1v) is 50.0. The van der Waals surface area contributed by atoms with Gasteiger partial charge in [0.1, 0.15) is 33.7 Å². The summed E-state index contributed by atoms with van der Waals surface area (Å²) in [5.41, 5.74) is 0.518. The summed E-state index contributed by atoms with van der Waals surface area (Å²) in [6, 6.07) is 4.24. The maximum Gasteiger partial charge on any atom is 0.250 e. The second-order valence-electron chi connectivity index (χ2n) is 25.8. The van der Waals surface area contributed by atoms with Gasteiger partial charge in [0.05, 0.1) is 132 Å². The minimum atomic E-state index is -4.15. The molecule has 4 aromatic rings. The van der Waals surface area contributed by atoms with Crippen molar-refractivity contribution in [2.24, 2.45) is 5.41 Å². The predicted molar refractivity (Wildman–Crippen MR) is 398 cm³/mol. The quantitative estimate of drug-likeness (QED) is 0.0294. The van der Waals surface area contributed by atoms with Gasteiger partial charge in [-0.3, -0.25) is 0 Å². The van der Waals surface area contributed by atoms with E-state index in [-0.39, 0.29) is 190 Å². The largest absolute Gasteiger partial charge is 0.378 e. The van der Waals surface area contributed by atoms with Crippen LogP contribution in [0.1, 0.15) is 127 Å². The zero-order chi connectivity index (χ0) is 76.8. The van der Waals surface area contributed by atoms with Crippen LogP contribution >= 0.6 is 45.3 Å². The van der Waals surface area contributed by atoms with E-state index in [1.807, 2.05) is 27.7 Å². The maximum atomic E-state index is 13.5. The van der Waals surface area contributed by atoms with Gasteiger partial charge >= 0.3 is 0 Å². The third-order valence-corrected chi connectivity index (χ3v) is 41.2. The minimum Gasteiger partial charge on any atom is -0.378 e. The van der Waals surface area contributed by atoms with Crippen LogP contribution in [0.3, 0.4) is 0 Å². The molecular formula is C61H100N8O24S12. The number of rotatable bonds is 48. The van der Waals surface area contributed by atoms with Crippen LogP contribution in [0.5, 0.6) is 0 Å². The molecule has 8 heterocycles. The first kappa shape index (κ1) is 88.3. The van der Waals surface area contributed by atoms with Crippen molar-refractivity contribution in [3.63, 3.8) is 0 Å². The van der Waals surface area contributed by atoms with Gasteiger partial charge in [0.15, 0.2) is 39.3 Å². The van der Waals surface area contributed by atoms with E-state index in [9.17, 15) is 67.3 Å². The molecule has 0 bridgehead atoms. The maximum absolute atomic E-state index is 13.5. The van der Waals surface area contributed by atoms with Gasteiger partial charge in [-0.05, 0) is 104 Å². The van der Waals surface area contributed by atoms with Crippen molar-refractivity contribution < 1.29 is 105 Å². The number of hydrogen-bond donors (Lipinski definition) is 8. The van der Waals surface area contributed by atoms with Crippen LogP contribution in [-0.2, 0) is 117 Å². The molecule has 0 radical (unpaired) electrons. The van der Waals surface area contributed by atoms with E-state index in [4.69, 9.17) is 37.9 Å². The van der Waals surface area contributed by atoms with Crippen molar-refractivity contribution >= 4 is 125 Å². The molecule has 8 N–H and O–H groups in total. The molecule has 600 valence electrons. The molecule has 0 saturated heterocycles. The average Bonchev–Trinajstić information content (AvgIpc) is 1.66. The Balaban J connectivity index is 0.887. The first-order valence-electron chi connectivity index (χ1n) is 34.6. The van der Waals surface area contributed by atoms with Gasteiger partial charge in [0, 0.05) is 72.6 Å². The zero-order valence-electron chi connectivity index (χ0n) is 59.9. The Kier molecular flexibility index (Phi) is 32.4. The molecule has 8 atom stereocenters. The van der Waals surface area contributed by atoms with Crippen molar-refractivity contribution in [3.8, 4) is 0 Å². The lowest BCUT2D eigenvalue weighted by molar-refractivity contribution is -0.121. The molecule has 44 heteroatoms. The summed E-state index contributed by atoms with van der Waals surface area (Å²) in [6.07, 6.45) is 1.18. The minimum absolute atomic E-state index is 0.0188. The molecule has 0 unspecified atom stereocenters. The lowest BCUT2D eigenvalue weighted by Gasteiger charge is -2.33. The Morgan fingerprint density at radius 3 is 0.714 bits per heavy atom. The summed E-state index contributed by atoms with van der Waals surface area (Å²) in [7, 11) is -31.5. The summed E-state index contributed by atoms with van der Waals surface area (Å²) in [4.78, 5) is 0. The van der Waals surface area contributed by atoms with Crippen molar-refractivity contribution in [1.82, 2.24) is 40.2 Å². The van der Waals surface area contributed by atoms with Crippen LogP contribution in [0.2, 0.25) is 0 Å². The monoisotopic (exact) mass is 1710 g/mol. The summed E-state index contributed by atoms with van der Waals surface area (Å²) in [6.45, 7) is 14.3. The highest BCUT2D eigenvalue weighted by molar-refractivity contribution is 7.97. The number of sulfonamides is 4. The van der Waals surface area contributed by atoms with E-state index in [1.165, 1.54) is 24.3 Å². The lowest BCUT2D eigenvalue weighted by atomic mass is 9.92. The van der Waals surface area contributed by atoms with E-state index in [1.54, 1.807) is 27.7 Å². The lowest BCUT2D eigenvalue weighted by Crippen LogP contribution is -2.43. The summed E-state index contributed by atoms with van der Waals surface area (Å²) in [5, 5.41) is 10.2.